The number of thiophene rings is 2. The van der Waals surface area contributed by atoms with Crippen molar-refractivity contribution in [2.45, 2.75) is 12.5 Å². The summed E-state index contributed by atoms with van der Waals surface area (Å²) < 4.78 is 28.2. The van der Waals surface area contributed by atoms with Crippen molar-refractivity contribution in [3.05, 3.63) is 79.7 Å². The predicted molar refractivity (Wildman–Crippen MR) is 91.6 cm³/mol. The Kier molecular flexibility index (Phi) is 3.94. The fourth-order valence-corrected chi connectivity index (χ4v) is 4.89. The van der Waals surface area contributed by atoms with E-state index in [2.05, 4.69) is 0 Å². The Balaban J connectivity index is 1.81. The minimum Gasteiger partial charge on any atom is -0.326 e. The van der Waals surface area contributed by atoms with Gasteiger partial charge in [-0.1, -0.05) is 12.1 Å². The molecule has 6 heteroatoms. The second-order valence-corrected chi connectivity index (χ2v) is 7.54. The van der Waals surface area contributed by atoms with Crippen molar-refractivity contribution in [2.24, 2.45) is 0 Å². The van der Waals surface area contributed by atoms with Crippen LogP contribution in [0.5, 0.6) is 0 Å². The van der Waals surface area contributed by atoms with Gasteiger partial charge < -0.3 is 4.90 Å². The van der Waals surface area contributed by atoms with Gasteiger partial charge in [-0.25, -0.2) is 8.78 Å². The van der Waals surface area contributed by atoms with E-state index in [0.717, 1.165) is 22.6 Å². The highest BCUT2D eigenvalue weighted by Gasteiger charge is 2.35. The van der Waals surface area contributed by atoms with Gasteiger partial charge in [0.1, 0.15) is 17.2 Å². The molecule has 1 atom stereocenters. The Morgan fingerprint density at radius 2 is 1.83 bits per heavy atom. The van der Waals surface area contributed by atoms with Gasteiger partial charge in [-0.2, -0.15) is 0 Å². The van der Waals surface area contributed by atoms with Crippen LogP contribution in [0.3, 0.4) is 0 Å². The van der Waals surface area contributed by atoms with Crippen molar-refractivity contribution in [2.75, 3.05) is 6.54 Å². The maximum Gasteiger partial charge on any atom is 0.260 e. The Labute approximate surface area is 146 Å². The molecule has 122 valence electrons. The molecule has 2 aromatic heterocycles. The van der Waals surface area contributed by atoms with E-state index in [1.165, 1.54) is 10.9 Å². The Morgan fingerprint density at radius 1 is 1.04 bits per heavy atom. The highest BCUT2D eigenvalue weighted by molar-refractivity contribution is 7.10. The van der Waals surface area contributed by atoms with Crippen LogP contribution in [0.15, 0.2) is 47.2 Å². The van der Waals surface area contributed by atoms with E-state index in [4.69, 9.17) is 0 Å². The molecular formula is C18H13F2NOS2. The molecular weight excluding hydrogens is 348 g/mol. The van der Waals surface area contributed by atoms with Crippen LogP contribution >= 0.6 is 22.7 Å². The van der Waals surface area contributed by atoms with Crippen LogP contribution in [0.25, 0.3) is 0 Å². The molecule has 0 aliphatic carbocycles. The van der Waals surface area contributed by atoms with Gasteiger partial charge in [-0.15, -0.1) is 22.7 Å². The average molecular weight is 361 g/mol. The number of halogens is 2. The van der Waals surface area contributed by atoms with E-state index in [0.29, 0.717) is 13.0 Å². The van der Waals surface area contributed by atoms with Crippen molar-refractivity contribution in [1.82, 2.24) is 4.90 Å². The highest BCUT2D eigenvalue weighted by Crippen LogP contribution is 2.40. The van der Waals surface area contributed by atoms with E-state index >= 15 is 0 Å². The van der Waals surface area contributed by atoms with Gasteiger partial charge in [0, 0.05) is 16.3 Å². The first-order valence-corrected chi connectivity index (χ1v) is 9.27. The lowest BCUT2D eigenvalue weighted by Gasteiger charge is -2.35. The lowest BCUT2D eigenvalue weighted by Crippen LogP contribution is -2.40. The van der Waals surface area contributed by atoms with Gasteiger partial charge in [0.05, 0.1) is 6.04 Å². The summed E-state index contributed by atoms with van der Waals surface area (Å²) in [7, 11) is 0. The molecule has 1 aromatic carbocycles. The molecule has 2 nitrogen and oxygen atoms in total. The Morgan fingerprint density at radius 3 is 2.54 bits per heavy atom. The number of nitrogens with zero attached hydrogens (tertiary/aromatic N) is 1. The van der Waals surface area contributed by atoms with Crippen LogP contribution in [0.1, 0.15) is 31.7 Å². The first kappa shape index (κ1) is 15.5. The highest BCUT2D eigenvalue weighted by atomic mass is 32.1. The van der Waals surface area contributed by atoms with Crippen molar-refractivity contribution < 1.29 is 13.6 Å². The normalized spacial score (nSPS) is 16.9. The monoisotopic (exact) mass is 361 g/mol. The number of carbonyl (C=O) groups excluding carboxylic acids is 1. The second-order valence-electron chi connectivity index (χ2n) is 5.56. The zero-order chi connectivity index (χ0) is 16.7. The number of hydrogen-bond donors (Lipinski definition) is 0. The maximum atomic E-state index is 14.1. The Hall–Kier alpha value is -2.05. The molecule has 1 aliphatic heterocycles. The van der Waals surface area contributed by atoms with E-state index in [1.54, 1.807) is 27.6 Å². The smallest absolute Gasteiger partial charge is 0.260 e. The molecule has 0 saturated carbocycles. The largest absolute Gasteiger partial charge is 0.326 e. The van der Waals surface area contributed by atoms with Crippen LogP contribution in [0.4, 0.5) is 8.78 Å². The van der Waals surface area contributed by atoms with Crippen molar-refractivity contribution >= 4 is 28.6 Å². The van der Waals surface area contributed by atoms with Gasteiger partial charge in [-0.05, 0) is 47.0 Å². The molecule has 1 unspecified atom stereocenters. The number of benzene rings is 1. The molecule has 0 radical (unpaired) electrons. The maximum absolute atomic E-state index is 14.1. The standard InChI is InChI=1S/C18H13F2NOS2/c19-12-3-1-4-13(20)16(12)18(22)21-8-6-14-11(7-10-24-14)17(21)15-5-2-9-23-15/h1-5,7,9-10,17H,6,8H2. The van der Waals surface area contributed by atoms with Gasteiger partial charge in [0.2, 0.25) is 0 Å². The molecule has 4 rings (SSSR count). The van der Waals surface area contributed by atoms with Gasteiger partial charge >= 0.3 is 0 Å². The second kappa shape index (κ2) is 6.11. The zero-order valence-electron chi connectivity index (χ0n) is 12.5. The van der Waals surface area contributed by atoms with Gasteiger partial charge in [-0.3, -0.25) is 4.79 Å². The van der Waals surface area contributed by atoms with E-state index < -0.39 is 23.1 Å². The minimum atomic E-state index is -0.818. The summed E-state index contributed by atoms with van der Waals surface area (Å²) in [5.74, 6) is -2.23. The topological polar surface area (TPSA) is 20.3 Å². The van der Waals surface area contributed by atoms with Gasteiger partial charge in [0.25, 0.3) is 5.91 Å². The molecule has 0 bridgehead atoms. The van der Waals surface area contributed by atoms with Gasteiger partial charge in [0.15, 0.2) is 0 Å². The summed E-state index contributed by atoms with van der Waals surface area (Å²) in [6.45, 7) is 0.447. The Bertz CT molecular complexity index is 868. The minimum absolute atomic E-state index is 0.286. The number of carbonyl (C=O) groups is 1. The summed E-state index contributed by atoms with van der Waals surface area (Å²) in [6.07, 6.45) is 0.705. The van der Waals surface area contributed by atoms with Crippen molar-refractivity contribution in [1.29, 1.82) is 0 Å². The van der Waals surface area contributed by atoms with Crippen LogP contribution in [-0.2, 0) is 6.42 Å². The summed E-state index contributed by atoms with van der Waals surface area (Å²) in [6, 6.07) is 9.11. The molecule has 1 aliphatic rings. The molecule has 0 fully saturated rings. The summed E-state index contributed by atoms with van der Waals surface area (Å²) in [4.78, 5) is 16.7. The molecule has 1 amide bonds. The van der Waals surface area contributed by atoms with Crippen molar-refractivity contribution in [3.8, 4) is 0 Å². The molecule has 0 spiro atoms. The van der Waals surface area contributed by atoms with E-state index in [1.807, 2.05) is 29.0 Å². The van der Waals surface area contributed by atoms with Crippen LogP contribution < -0.4 is 0 Å². The third-order valence-corrected chi connectivity index (χ3v) is 6.14. The average Bonchev–Trinajstić information content (AvgIpc) is 3.25. The lowest BCUT2D eigenvalue weighted by molar-refractivity contribution is 0.0688. The number of fused-ring (bicyclic) bond motifs is 1. The van der Waals surface area contributed by atoms with E-state index in [9.17, 15) is 13.6 Å². The lowest BCUT2D eigenvalue weighted by atomic mass is 9.97. The predicted octanol–water partition coefficient (Wildman–Crippen LogP) is 4.88. The number of rotatable bonds is 2. The fraction of sp³-hybridized carbons (Fsp3) is 0.167. The molecule has 3 heterocycles. The summed E-state index contributed by atoms with van der Waals surface area (Å²) in [5, 5.41) is 3.95. The first-order valence-electron chi connectivity index (χ1n) is 7.51. The van der Waals surface area contributed by atoms with Crippen LogP contribution in [-0.4, -0.2) is 17.4 Å². The third-order valence-electron chi connectivity index (χ3n) is 4.22. The molecule has 0 N–H and O–H groups in total. The van der Waals surface area contributed by atoms with E-state index in [-0.39, 0.29) is 6.04 Å². The molecule has 24 heavy (non-hydrogen) atoms. The van der Waals surface area contributed by atoms with Crippen molar-refractivity contribution in [3.63, 3.8) is 0 Å². The first-order chi connectivity index (χ1) is 11.7. The SMILES string of the molecule is O=C(c1c(F)cccc1F)N1CCc2sccc2C1c1cccs1. The fourth-order valence-electron chi connectivity index (χ4n) is 3.13. The zero-order valence-corrected chi connectivity index (χ0v) is 14.2. The quantitative estimate of drug-likeness (QED) is 0.637. The van der Waals surface area contributed by atoms with Crippen LogP contribution in [0.2, 0.25) is 0 Å². The third kappa shape index (κ3) is 2.46. The molecule has 3 aromatic rings. The van der Waals surface area contributed by atoms with Crippen LogP contribution in [0, 0.1) is 11.6 Å². The summed E-state index contributed by atoms with van der Waals surface area (Å²) >= 11 is 3.21. The number of amides is 1. The summed E-state index contributed by atoms with van der Waals surface area (Å²) in [5.41, 5.74) is 0.580. The molecule has 0 saturated heterocycles. The number of hydrogen-bond acceptors (Lipinski definition) is 3.